The van der Waals surface area contributed by atoms with Crippen molar-refractivity contribution in [1.29, 1.82) is 0 Å². The molecule has 0 saturated heterocycles. The number of hydrogen-bond donors (Lipinski definition) is 8. The van der Waals surface area contributed by atoms with Crippen LogP contribution in [0.1, 0.15) is 11.1 Å². The van der Waals surface area contributed by atoms with Crippen LogP contribution in [0.2, 0.25) is 0 Å². The molecule has 2 amide bonds. The van der Waals surface area contributed by atoms with Crippen molar-refractivity contribution in [2.75, 3.05) is 11.5 Å². The average molecular weight is 567 g/mol. The first-order chi connectivity index (χ1) is 18.0. The van der Waals surface area contributed by atoms with E-state index >= 15 is 0 Å². The number of carbonyl (C=O) groups excluding carboxylic acids is 2. The maximum Gasteiger partial charge on any atom is 0.326 e. The summed E-state index contributed by atoms with van der Waals surface area (Å²) in [5.41, 5.74) is 13.0. The highest BCUT2D eigenvalue weighted by molar-refractivity contribution is 8.76. The number of carbonyl (C=O) groups is 4. The van der Waals surface area contributed by atoms with Crippen molar-refractivity contribution < 1.29 is 39.6 Å². The Labute approximate surface area is 226 Å². The third kappa shape index (κ3) is 10.5. The van der Waals surface area contributed by atoms with Gasteiger partial charge < -0.3 is 42.5 Å². The molecule has 0 bridgehead atoms. The average Bonchev–Trinajstić information content (AvgIpc) is 2.87. The van der Waals surface area contributed by atoms with Gasteiger partial charge in [0.05, 0.1) is 12.1 Å². The summed E-state index contributed by atoms with van der Waals surface area (Å²) < 4.78 is 0. The fraction of sp³-hybridized carbons (Fsp3) is 0.333. The van der Waals surface area contributed by atoms with E-state index in [4.69, 9.17) is 11.5 Å². The Morgan fingerprint density at radius 1 is 0.658 bits per heavy atom. The molecule has 0 heterocycles. The van der Waals surface area contributed by atoms with Crippen molar-refractivity contribution in [2.45, 2.75) is 37.0 Å². The second kappa shape index (κ2) is 15.1. The minimum Gasteiger partial charge on any atom is -0.508 e. The number of aromatic hydroxyl groups is 2. The third-order valence-electron chi connectivity index (χ3n) is 5.23. The summed E-state index contributed by atoms with van der Waals surface area (Å²) in [4.78, 5) is 47.8. The Morgan fingerprint density at radius 3 is 1.26 bits per heavy atom. The molecule has 2 aromatic rings. The number of nitrogens with one attached hydrogen (secondary N) is 2. The zero-order valence-electron chi connectivity index (χ0n) is 20.1. The summed E-state index contributed by atoms with van der Waals surface area (Å²) in [6.07, 6.45) is 0.00796. The van der Waals surface area contributed by atoms with Crippen LogP contribution in [0, 0.1) is 0 Å². The molecule has 10 N–H and O–H groups in total. The zero-order valence-corrected chi connectivity index (χ0v) is 21.8. The molecule has 206 valence electrons. The minimum absolute atomic E-state index is 0.00398. The van der Waals surface area contributed by atoms with Gasteiger partial charge in [0.15, 0.2) is 0 Å². The number of aliphatic carboxylic acids is 2. The van der Waals surface area contributed by atoms with Gasteiger partial charge in [0.2, 0.25) is 11.8 Å². The van der Waals surface area contributed by atoms with E-state index in [-0.39, 0.29) is 35.8 Å². The van der Waals surface area contributed by atoms with Crippen LogP contribution >= 0.6 is 21.6 Å². The molecule has 0 radical (unpaired) electrons. The summed E-state index contributed by atoms with van der Waals surface area (Å²) in [5, 5.41) is 42.3. The van der Waals surface area contributed by atoms with E-state index in [0.29, 0.717) is 11.1 Å². The van der Waals surface area contributed by atoms with Crippen molar-refractivity contribution in [1.82, 2.24) is 10.6 Å². The molecule has 12 nitrogen and oxygen atoms in total. The molecule has 38 heavy (non-hydrogen) atoms. The highest BCUT2D eigenvalue weighted by Crippen LogP contribution is 2.22. The second-order valence-corrected chi connectivity index (χ2v) is 10.9. The van der Waals surface area contributed by atoms with Crippen LogP contribution in [-0.4, -0.2) is 79.9 Å². The number of phenols is 2. The summed E-state index contributed by atoms with van der Waals surface area (Å²) in [6.45, 7) is 0. The topological polar surface area (TPSA) is 225 Å². The Morgan fingerprint density at radius 2 is 0.974 bits per heavy atom. The van der Waals surface area contributed by atoms with Gasteiger partial charge in [-0.2, -0.15) is 0 Å². The molecule has 14 heteroatoms. The number of hydrogen-bond acceptors (Lipinski definition) is 10. The summed E-state index contributed by atoms with van der Waals surface area (Å²) in [6, 6.07) is 7.39. The molecule has 4 atom stereocenters. The highest BCUT2D eigenvalue weighted by atomic mass is 33.1. The molecule has 0 aliphatic carbocycles. The van der Waals surface area contributed by atoms with Crippen LogP contribution in [0.3, 0.4) is 0 Å². The third-order valence-corrected chi connectivity index (χ3v) is 7.71. The smallest absolute Gasteiger partial charge is 0.326 e. The van der Waals surface area contributed by atoms with Gasteiger partial charge in [0, 0.05) is 24.3 Å². The molecule has 0 aromatic heterocycles. The number of phenolic OH excluding ortho intramolecular Hbond substituents is 2. The van der Waals surface area contributed by atoms with Crippen LogP contribution in [0.5, 0.6) is 11.5 Å². The van der Waals surface area contributed by atoms with Crippen molar-refractivity contribution in [2.24, 2.45) is 11.5 Å². The monoisotopic (exact) mass is 566 g/mol. The van der Waals surface area contributed by atoms with Crippen molar-refractivity contribution >= 4 is 45.3 Å². The van der Waals surface area contributed by atoms with Gasteiger partial charge in [-0.1, -0.05) is 45.9 Å². The fourth-order valence-electron chi connectivity index (χ4n) is 3.09. The van der Waals surface area contributed by atoms with E-state index in [9.17, 15) is 39.6 Å². The first-order valence-corrected chi connectivity index (χ1v) is 13.8. The minimum atomic E-state index is -1.23. The van der Waals surface area contributed by atoms with Crippen LogP contribution < -0.4 is 22.1 Å². The molecule has 0 fully saturated rings. The standard InChI is InChI=1S/C24H30N4O8S2/c25-17(21(31)27-19(23(33)34)9-13-1-5-15(29)6-2-13)11-37-38-12-18(26)22(32)28-20(24(35)36)10-14-3-7-16(30)8-4-14/h1-8,17-20,29-30H,9-12,25-26H2,(H,27,31)(H,28,32)(H,33,34)(H,35,36)/t17-,18+,19-,20-/m0/s1. The lowest BCUT2D eigenvalue weighted by atomic mass is 10.1. The molecule has 2 rings (SSSR count). The molecule has 0 unspecified atom stereocenters. The number of carboxylic acid groups (broad SMARTS) is 2. The van der Waals surface area contributed by atoms with E-state index in [1.54, 1.807) is 24.3 Å². The van der Waals surface area contributed by atoms with E-state index in [2.05, 4.69) is 10.6 Å². The van der Waals surface area contributed by atoms with Crippen LogP contribution in [0.4, 0.5) is 0 Å². The molecular formula is C24H30N4O8S2. The molecule has 0 aliphatic rings. The Kier molecular flexibility index (Phi) is 12.2. The van der Waals surface area contributed by atoms with Crippen molar-refractivity contribution in [3.63, 3.8) is 0 Å². The van der Waals surface area contributed by atoms with Crippen molar-refractivity contribution in [3.8, 4) is 11.5 Å². The SMILES string of the molecule is N[C@H](CSSC[C@H](N)C(=O)N[C@@H](Cc1ccc(O)cc1)C(=O)O)C(=O)N[C@@H](Cc1ccc(O)cc1)C(=O)O. The number of benzene rings is 2. The van der Waals surface area contributed by atoms with Crippen LogP contribution in [-0.2, 0) is 32.0 Å². The number of carboxylic acids is 2. The van der Waals surface area contributed by atoms with E-state index in [1.807, 2.05) is 0 Å². The first-order valence-electron chi connectivity index (χ1n) is 11.3. The first kappa shape index (κ1) is 30.8. The summed E-state index contributed by atoms with van der Waals surface area (Å²) in [5.74, 6) is -3.51. The van der Waals surface area contributed by atoms with Gasteiger partial charge >= 0.3 is 11.9 Å². The predicted molar refractivity (Wildman–Crippen MR) is 144 cm³/mol. The molecule has 0 spiro atoms. The maximum absolute atomic E-state index is 12.4. The van der Waals surface area contributed by atoms with Crippen LogP contribution in [0.15, 0.2) is 48.5 Å². The second-order valence-electron chi connectivity index (χ2n) is 8.32. The lowest BCUT2D eigenvalue weighted by Gasteiger charge is -2.19. The Balaban J connectivity index is 1.76. The quantitative estimate of drug-likeness (QED) is 0.106. The zero-order chi connectivity index (χ0) is 28.2. The van der Waals surface area contributed by atoms with Gasteiger partial charge in [-0.3, -0.25) is 9.59 Å². The van der Waals surface area contributed by atoms with Gasteiger partial charge in [-0.15, -0.1) is 0 Å². The molecule has 0 saturated carbocycles. The van der Waals surface area contributed by atoms with E-state index in [1.165, 1.54) is 24.3 Å². The summed E-state index contributed by atoms with van der Waals surface area (Å²) >= 11 is 0. The van der Waals surface area contributed by atoms with Gasteiger partial charge in [0.1, 0.15) is 23.6 Å². The lowest BCUT2D eigenvalue weighted by molar-refractivity contribution is -0.142. The van der Waals surface area contributed by atoms with Gasteiger partial charge in [0.25, 0.3) is 0 Å². The summed E-state index contributed by atoms with van der Waals surface area (Å²) in [7, 11) is 2.32. The maximum atomic E-state index is 12.4. The molecular weight excluding hydrogens is 536 g/mol. The van der Waals surface area contributed by atoms with Crippen molar-refractivity contribution in [3.05, 3.63) is 59.7 Å². The lowest BCUT2D eigenvalue weighted by Crippen LogP contribution is -2.50. The normalized spacial score (nSPS) is 14.1. The van der Waals surface area contributed by atoms with Crippen LogP contribution in [0.25, 0.3) is 0 Å². The van der Waals surface area contributed by atoms with Gasteiger partial charge in [-0.25, -0.2) is 9.59 Å². The number of nitrogens with two attached hydrogens (primary N) is 2. The fourth-order valence-corrected chi connectivity index (χ4v) is 5.33. The largest absolute Gasteiger partial charge is 0.508 e. The number of rotatable bonds is 15. The number of amides is 2. The van der Waals surface area contributed by atoms with E-state index < -0.39 is 47.9 Å². The van der Waals surface area contributed by atoms with Gasteiger partial charge in [-0.05, 0) is 35.4 Å². The van der Waals surface area contributed by atoms with E-state index in [0.717, 1.165) is 21.6 Å². The Bertz CT molecular complexity index is 1010. The highest BCUT2D eigenvalue weighted by Gasteiger charge is 2.25. The molecule has 0 aliphatic heterocycles. The predicted octanol–water partition coefficient (Wildman–Crippen LogP) is 0.0578. The Hall–Kier alpha value is -3.46. The molecule has 2 aromatic carbocycles.